The van der Waals surface area contributed by atoms with Crippen molar-refractivity contribution in [2.75, 3.05) is 49.3 Å². The molecular weight excluding hydrogens is 280 g/mol. The molecule has 1 aromatic rings. The second-order valence-electron chi connectivity index (χ2n) is 5.95. The van der Waals surface area contributed by atoms with Gasteiger partial charge in [0.2, 0.25) is 0 Å². The number of thioether (sulfide) groups is 1. The van der Waals surface area contributed by atoms with Crippen molar-refractivity contribution in [3.8, 4) is 0 Å². The van der Waals surface area contributed by atoms with E-state index in [1.807, 2.05) is 0 Å². The third-order valence-electron chi connectivity index (χ3n) is 4.42. The lowest BCUT2D eigenvalue weighted by Gasteiger charge is -2.29. The summed E-state index contributed by atoms with van der Waals surface area (Å²) >= 11 is 2.10. The Labute approximate surface area is 132 Å². The van der Waals surface area contributed by atoms with Gasteiger partial charge in [-0.3, -0.25) is 0 Å². The number of nitrogens with one attached hydrogen (secondary N) is 1. The highest BCUT2D eigenvalue weighted by molar-refractivity contribution is 7.99. The van der Waals surface area contributed by atoms with E-state index in [-0.39, 0.29) is 0 Å². The van der Waals surface area contributed by atoms with Crippen LogP contribution in [0.25, 0.3) is 0 Å². The quantitative estimate of drug-likeness (QED) is 0.904. The van der Waals surface area contributed by atoms with Crippen molar-refractivity contribution in [1.29, 1.82) is 0 Å². The van der Waals surface area contributed by atoms with Crippen molar-refractivity contribution < 1.29 is 4.74 Å². The predicted octanol–water partition coefficient (Wildman–Crippen LogP) is 2.76. The van der Waals surface area contributed by atoms with Crippen molar-refractivity contribution in [3.63, 3.8) is 0 Å². The van der Waals surface area contributed by atoms with Gasteiger partial charge in [0.1, 0.15) is 0 Å². The summed E-state index contributed by atoms with van der Waals surface area (Å²) in [5, 5.41) is 3.63. The predicted molar refractivity (Wildman–Crippen MR) is 91.2 cm³/mol. The number of anilines is 1. The summed E-state index contributed by atoms with van der Waals surface area (Å²) in [5.41, 5.74) is 2.71. The van der Waals surface area contributed by atoms with E-state index < -0.39 is 0 Å². The largest absolute Gasteiger partial charge is 0.378 e. The average molecular weight is 306 g/mol. The molecule has 1 N–H and O–H groups in total. The number of rotatable bonds is 5. The van der Waals surface area contributed by atoms with Crippen molar-refractivity contribution in [2.45, 2.75) is 19.4 Å². The molecule has 0 aromatic heterocycles. The van der Waals surface area contributed by atoms with E-state index in [1.165, 1.54) is 42.1 Å². The lowest BCUT2D eigenvalue weighted by atomic mass is 10.0. The van der Waals surface area contributed by atoms with Crippen LogP contribution in [0.4, 0.5) is 5.69 Å². The molecule has 2 saturated heterocycles. The first kappa shape index (κ1) is 15.2. The zero-order valence-corrected chi connectivity index (χ0v) is 13.5. The van der Waals surface area contributed by atoms with E-state index in [4.69, 9.17) is 4.74 Å². The molecule has 2 fully saturated rings. The summed E-state index contributed by atoms with van der Waals surface area (Å²) in [5.74, 6) is 3.58. The van der Waals surface area contributed by atoms with Gasteiger partial charge in [0.15, 0.2) is 0 Å². The highest BCUT2D eigenvalue weighted by Gasteiger charge is 2.13. The molecule has 3 rings (SSSR count). The molecule has 0 bridgehead atoms. The van der Waals surface area contributed by atoms with Gasteiger partial charge in [0, 0.05) is 25.3 Å². The molecule has 0 aliphatic carbocycles. The van der Waals surface area contributed by atoms with Crippen LogP contribution >= 0.6 is 11.8 Å². The Hall–Kier alpha value is -0.710. The van der Waals surface area contributed by atoms with Crippen LogP contribution in [0.5, 0.6) is 0 Å². The van der Waals surface area contributed by atoms with Gasteiger partial charge in [-0.1, -0.05) is 12.1 Å². The minimum absolute atomic E-state index is 0.850. The van der Waals surface area contributed by atoms with Crippen LogP contribution in [0, 0.1) is 5.92 Å². The molecule has 2 aliphatic heterocycles. The summed E-state index contributed by atoms with van der Waals surface area (Å²) in [4.78, 5) is 2.40. The van der Waals surface area contributed by atoms with Crippen LogP contribution in [0.3, 0.4) is 0 Å². The highest BCUT2D eigenvalue weighted by atomic mass is 32.2. The molecule has 0 unspecified atom stereocenters. The van der Waals surface area contributed by atoms with E-state index >= 15 is 0 Å². The fraction of sp³-hybridized carbons (Fsp3) is 0.647. The standard InChI is InChI=1S/C17H26N2OS/c1-3-17(19-7-9-20-10-8-19)4-2-15(1)13-18-14-16-5-11-21-12-6-16/h1-4,16,18H,5-14H2. The first-order valence-corrected chi connectivity index (χ1v) is 9.27. The maximum absolute atomic E-state index is 5.40. The van der Waals surface area contributed by atoms with E-state index in [0.717, 1.165) is 38.8 Å². The van der Waals surface area contributed by atoms with E-state index in [9.17, 15) is 0 Å². The smallest absolute Gasteiger partial charge is 0.0642 e. The molecule has 21 heavy (non-hydrogen) atoms. The molecule has 4 heteroatoms. The molecule has 0 radical (unpaired) electrons. The molecular formula is C17H26N2OS. The summed E-state index contributed by atoms with van der Waals surface area (Å²) in [6.45, 7) is 5.89. The topological polar surface area (TPSA) is 24.5 Å². The summed E-state index contributed by atoms with van der Waals surface area (Å²) in [7, 11) is 0. The van der Waals surface area contributed by atoms with Gasteiger partial charge in [-0.25, -0.2) is 0 Å². The zero-order chi connectivity index (χ0) is 14.3. The van der Waals surface area contributed by atoms with Crippen molar-refractivity contribution in [2.24, 2.45) is 5.92 Å². The zero-order valence-electron chi connectivity index (χ0n) is 12.7. The van der Waals surface area contributed by atoms with Crippen LogP contribution < -0.4 is 10.2 Å². The van der Waals surface area contributed by atoms with E-state index in [1.54, 1.807) is 0 Å². The number of benzene rings is 1. The first-order chi connectivity index (χ1) is 10.4. The maximum Gasteiger partial charge on any atom is 0.0642 e. The molecule has 116 valence electrons. The minimum atomic E-state index is 0.850. The van der Waals surface area contributed by atoms with E-state index in [2.05, 4.69) is 46.2 Å². The van der Waals surface area contributed by atoms with Gasteiger partial charge in [-0.05, 0) is 54.5 Å². The monoisotopic (exact) mass is 306 g/mol. The fourth-order valence-corrected chi connectivity index (χ4v) is 4.22. The van der Waals surface area contributed by atoms with Gasteiger partial charge in [-0.2, -0.15) is 11.8 Å². The SMILES string of the molecule is c1cc(N2CCOCC2)ccc1CNCC1CCSCC1. The fourth-order valence-electron chi connectivity index (χ4n) is 3.02. The Kier molecular flexibility index (Phi) is 5.83. The van der Waals surface area contributed by atoms with Crippen LogP contribution in [-0.4, -0.2) is 44.4 Å². The van der Waals surface area contributed by atoms with Crippen molar-refractivity contribution in [3.05, 3.63) is 29.8 Å². The Morgan fingerprint density at radius 2 is 1.81 bits per heavy atom. The number of ether oxygens (including phenoxy) is 1. The van der Waals surface area contributed by atoms with Gasteiger partial charge < -0.3 is 15.0 Å². The first-order valence-electron chi connectivity index (χ1n) is 8.12. The van der Waals surface area contributed by atoms with Gasteiger partial charge in [0.05, 0.1) is 13.2 Å². The number of hydrogen-bond acceptors (Lipinski definition) is 4. The van der Waals surface area contributed by atoms with Crippen molar-refractivity contribution >= 4 is 17.4 Å². The molecule has 0 saturated carbocycles. The van der Waals surface area contributed by atoms with Crippen LogP contribution in [0.1, 0.15) is 18.4 Å². The Morgan fingerprint density at radius 1 is 1.10 bits per heavy atom. The maximum atomic E-state index is 5.40. The number of morpholine rings is 1. The summed E-state index contributed by atoms with van der Waals surface area (Å²) < 4.78 is 5.40. The second-order valence-corrected chi connectivity index (χ2v) is 7.18. The van der Waals surface area contributed by atoms with Crippen LogP contribution in [-0.2, 0) is 11.3 Å². The second kappa shape index (κ2) is 8.06. The molecule has 3 nitrogen and oxygen atoms in total. The normalized spacial score (nSPS) is 20.7. The minimum Gasteiger partial charge on any atom is -0.378 e. The third kappa shape index (κ3) is 4.63. The highest BCUT2D eigenvalue weighted by Crippen LogP contribution is 2.22. The van der Waals surface area contributed by atoms with E-state index in [0.29, 0.717) is 0 Å². The van der Waals surface area contributed by atoms with Crippen molar-refractivity contribution in [1.82, 2.24) is 5.32 Å². The average Bonchev–Trinajstić information content (AvgIpc) is 2.57. The Morgan fingerprint density at radius 3 is 2.52 bits per heavy atom. The van der Waals surface area contributed by atoms with Crippen LogP contribution in [0.15, 0.2) is 24.3 Å². The van der Waals surface area contributed by atoms with Gasteiger partial charge in [0.25, 0.3) is 0 Å². The number of hydrogen-bond donors (Lipinski definition) is 1. The lowest BCUT2D eigenvalue weighted by molar-refractivity contribution is 0.122. The summed E-state index contributed by atoms with van der Waals surface area (Å²) in [6.07, 6.45) is 2.77. The molecule has 1 aromatic carbocycles. The van der Waals surface area contributed by atoms with Gasteiger partial charge >= 0.3 is 0 Å². The summed E-state index contributed by atoms with van der Waals surface area (Å²) in [6, 6.07) is 9.02. The van der Waals surface area contributed by atoms with Gasteiger partial charge in [-0.15, -0.1) is 0 Å². The Bertz CT molecular complexity index is 411. The molecule has 0 amide bonds. The number of nitrogens with zero attached hydrogens (tertiary/aromatic N) is 1. The van der Waals surface area contributed by atoms with Crippen LogP contribution in [0.2, 0.25) is 0 Å². The molecule has 0 spiro atoms. The Balaban J connectivity index is 1.43. The molecule has 2 heterocycles. The third-order valence-corrected chi connectivity index (χ3v) is 5.46. The lowest BCUT2D eigenvalue weighted by Crippen LogP contribution is -2.36. The molecule has 0 atom stereocenters. The molecule has 2 aliphatic rings.